The van der Waals surface area contributed by atoms with E-state index < -0.39 is 9.84 Å². The van der Waals surface area contributed by atoms with Crippen molar-refractivity contribution in [2.75, 3.05) is 28.3 Å². The van der Waals surface area contributed by atoms with Crippen LogP contribution in [0.2, 0.25) is 0 Å². The number of hydrogen-bond acceptors (Lipinski definition) is 5. The topological polar surface area (TPSA) is 79.4 Å². The van der Waals surface area contributed by atoms with E-state index in [1.54, 1.807) is 12.3 Å². The minimum absolute atomic E-state index is 0.0106. The third-order valence-corrected chi connectivity index (χ3v) is 6.53. The van der Waals surface area contributed by atoms with E-state index in [0.717, 1.165) is 16.8 Å². The van der Waals surface area contributed by atoms with Gasteiger partial charge in [-0.1, -0.05) is 29.8 Å². The molecule has 1 aromatic carbocycles. The van der Waals surface area contributed by atoms with Gasteiger partial charge in [0.15, 0.2) is 9.84 Å². The highest BCUT2D eigenvalue weighted by molar-refractivity contribution is 7.91. The lowest BCUT2D eigenvalue weighted by atomic mass is 10.1. The molecule has 1 aliphatic rings. The lowest BCUT2D eigenvalue weighted by Gasteiger charge is -2.28. The third kappa shape index (κ3) is 5.07. The molecule has 0 bridgehead atoms. The van der Waals surface area contributed by atoms with E-state index in [-0.39, 0.29) is 23.5 Å². The number of amides is 1. The Morgan fingerprint density at radius 3 is 2.70 bits per heavy atom. The molecule has 6 nitrogen and oxygen atoms in total. The van der Waals surface area contributed by atoms with Crippen LogP contribution >= 0.6 is 0 Å². The molecule has 1 amide bonds. The number of carbonyl (C=O) groups excluding carboxylic acids is 1. The van der Waals surface area contributed by atoms with Crippen LogP contribution in [0.4, 0.5) is 11.5 Å². The minimum Gasteiger partial charge on any atom is -0.367 e. The summed E-state index contributed by atoms with van der Waals surface area (Å²) in [5.41, 5.74) is 2.95. The maximum Gasteiger partial charge on any atom is 0.229 e. The maximum absolute atomic E-state index is 12.2. The van der Waals surface area contributed by atoms with Crippen LogP contribution in [0.15, 0.2) is 42.6 Å². The molecule has 1 atom stereocenters. The number of sulfone groups is 1. The van der Waals surface area contributed by atoms with Gasteiger partial charge in [-0.2, -0.15) is 0 Å². The van der Waals surface area contributed by atoms with Crippen LogP contribution in [0.1, 0.15) is 24.5 Å². The van der Waals surface area contributed by atoms with Crippen LogP contribution in [0.3, 0.4) is 0 Å². The summed E-state index contributed by atoms with van der Waals surface area (Å²) in [6, 6.07) is 11.5. The molecule has 144 valence electrons. The Kier molecular flexibility index (Phi) is 5.79. The van der Waals surface area contributed by atoms with Crippen molar-refractivity contribution in [1.29, 1.82) is 0 Å². The Hall–Kier alpha value is -2.41. The normalized spacial score (nSPS) is 18.2. The van der Waals surface area contributed by atoms with E-state index in [9.17, 15) is 13.2 Å². The van der Waals surface area contributed by atoms with Gasteiger partial charge in [0.2, 0.25) is 5.91 Å². The lowest BCUT2D eigenvalue weighted by molar-refractivity contribution is -0.115. The van der Waals surface area contributed by atoms with Crippen molar-refractivity contribution in [2.24, 2.45) is 0 Å². The third-order valence-electron chi connectivity index (χ3n) is 4.78. The summed E-state index contributed by atoms with van der Waals surface area (Å²) < 4.78 is 23.5. The van der Waals surface area contributed by atoms with Gasteiger partial charge in [-0.3, -0.25) is 4.79 Å². The smallest absolute Gasteiger partial charge is 0.229 e. The fourth-order valence-corrected chi connectivity index (χ4v) is 5.23. The minimum atomic E-state index is -2.93. The van der Waals surface area contributed by atoms with Crippen molar-refractivity contribution < 1.29 is 13.2 Å². The Morgan fingerprint density at radius 1 is 1.30 bits per heavy atom. The maximum atomic E-state index is 12.2. The summed E-state index contributed by atoms with van der Waals surface area (Å²) in [7, 11) is -2.93. The average Bonchev–Trinajstić information content (AvgIpc) is 2.96. The van der Waals surface area contributed by atoms with Gasteiger partial charge in [-0.05, 0) is 38.0 Å². The molecule has 2 heterocycles. The number of aromatic nitrogens is 1. The number of benzene rings is 1. The highest BCUT2D eigenvalue weighted by atomic mass is 32.2. The molecule has 7 heteroatoms. The van der Waals surface area contributed by atoms with Crippen molar-refractivity contribution in [2.45, 2.75) is 32.7 Å². The average molecular weight is 388 g/mol. The standard InChI is InChI=1S/C20H25N3O3S/c1-3-23(18-9-10-27(25,26)14-18)17-7-8-19(21-13-17)22-20(24)12-16-6-4-5-15(2)11-16/h4-8,11,13,18H,3,9-10,12,14H2,1-2H3,(H,21,22,24). The summed E-state index contributed by atoms with van der Waals surface area (Å²) in [6.45, 7) is 4.71. The quantitative estimate of drug-likeness (QED) is 0.824. The number of anilines is 2. The van der Waals surface area contributed by atoms with Gasteiger partial charge in [-0.25, -0.2) is 13.4 Å². The van der Waals surface area contributed by atoms with Crippen LogP contribution in [0, 0.1) is 6.92 Å². The predicted octanol–water partition coefficient (Wildman–Crippen LogP) is 2.58. The number of carbonyl (C=O) groups is 1. The molecule has 0 saturated carbocycles. The zero-order chi connectivity index (χ0) is 19.4. The van der Waals surface area contributed by atoms with Crippen molar-refractivity contribution in [3.8, 4) is 0 Å². The highest BCUT2D eigenvalue weighted by Crippen LogP contribution is 2.24. The van der Waals surface area contributed by atoms with Gasteiger partial charge in [0.1, 0.15) is 5.82 Å². The van der Waals surface area contributed by atoms with Crippen LogP contribution in [0.5, 0.6) is 0 Å². The number of rotatable bonds is 6. The fraction of sp³-hybridized carbons (Fsp3) is 0.400. The summed E-state index contributed by atoms with van der Waals surface area (Å²) in [5.74, 6) is 0.812. The van der Waals surface area contributed by atoms with E-state index in [1.165, 1.54) is 0 Å². The molecule has 2 aromatic rings. The molecule has 1 aromatic heterocycles. The van der Waals surface area contributed by atoms with E-state index in [0.29, 0.717) is 25.2 Å². The Labute approximate surface area is 160 Å². The molecule has 1 aliphatic heterocycles. The molecule has 0 aliphatic carbocycles. The van der Waals surface area contributed by atoms with Crippen LogP contribution in [-0.2, 0) is 21.1 Å². The van der Waals surface area contributed by atoms with Gasteiger partial charge in [-0.15, -0.1) is 0 Å². The first-order chi connectivity index (χ1) is 12.9. The van der Waals surface area contributed by atoms with E-state index in [1.807, 2.05) is 44.2 Å². The van der Waals surface area contributed by atoms with Crippen LogP contribution < -0.4 is 10.2 Å². The first-order valence-corrected chi connectivity index (χ1v) is 11.0. The number of hydrogen-bond donors (Lipinski definition) is 1. The summed E-state index contributed by atoms with van der Waals surface area (Å²) in [4.78, 5) is 18.6. The molecule has 1 fully saturated rings. The monoisotopic (exact) mass is 387 g/mol. The van der Waals surface area contributed by atoms with Gasteiger partial charge in [0.25, 0.3) is 0 Å². The van der Waals surface area contributed by atoms with Crippen molar-refractivity contribution in [1.82, 2.24) is 4.98 Å². The number of nitrogens with one attached hydrogen (secondary N) is 1. The van der Waals surface area contributed by atoms with Gasteiger partial charge < -0.3 is 10.2 Å². The van der Waals surface area contributed by atoms with Crippen LogP contribution in [-0.4, -0.2) is 43.4 Å². The molecule has 0 spiro atoms. The second kappa shape index (κ2) is 8.08. The van der Waals surface area contributed by atoms with Crippen molar-refractivity contribution in [3.63, 3.8) is 0 Å². The molecule has 1 N–H and O–H groups in total. The van der Waals surface area contributed by atoms with Crippen molar-refractivity contribution >= 4 is 27.2 Å². The molecule has 3 rings (SSSR count). The molecule has 1 unspecified atom stereocenters. The van der Waals surface area contributed by atoms with Crippen LogP contribution in [0.25, 0.3) is 0 Å². The van der Waals surface area contributed by atoms with Crippen molar-refractivity contribution in [3.05, 3.63) is 53.7 Å². The molecule has 1 saturated heterocycles. The SMILES string of the molecule is CCN(c1ccc(NC(=O)Cc2cccc(C)c2)nc1)C1CCS(=O)(=O)C1. The lowest BCUT2D eigenvalue weighted by Crippen LogP contribution is -2.36. The fourth-order valence-electron chi connectivity index (χ4n) is 3.50. The Bertz CT molecular complexity index is 910. The van der Waals surface area contributed by atoms with Gasteiger partial charge >= 0.3 is 0 Å². The van der Waals surface area contributed by atoms with Gasteiger partial charge in [0.05, 0.1) is 29.8 Å². The summed E-state index contributed by atoms with van der Waals surface area (Å²) >= 11 is 0. The second-order valence-electron chi connectivity index (χ2n) is 6.96. The number of pyridine rings is 1. The van der Waals surface area contributed by atoms with Gasteiger partial charge in [0, 0.05) is 12.6 Å². The Morgan fingerprint density at radius 2 is 2.11 bits per heavy atom. The largest absolute Gasteiger partial charge is 0.367 e. The van der Waals surface area contributed by atoms with E-state index in [4.69, 9.17) is 0 Å². The first-order valence-electron chi connectivity index (χ1n) is 9.15. The molecule has 27 heavy (non-hydrogen) atoms. The molecular formula is C20H25N3O3S. The number of aryl methyl sites for hydroxylation is 1. The zero-order valence-corrected chi connectivity index (χ0v) is 16.5. The zero-order valence-electron chi connectivity index (χ0n) is 15.7. The van der Waals surface area contributed by atoms with E-state index >= 15 is 0 Å². The second-order valence-corrected chi connectivity index (χ2v) is 9.19. The molecule has 0 radical (unpaired) electrons. The van der Waals surface area contributed by atoms with E-state index in [2.05, 4.69) is 15.2 Å². The predicted molar refractivity (Wildman–Crippen MR) is 108 cm³/mol. The summed E-state index contributed by atoms with van der Waals surface area (Å²) in [6.07, 6.45) is 2.63. The Balaban J connectivity index is 1.63. The first kappa shape index (κ1) is 19.4. The summed E-state index contributed by atoms with van der Waals surface area (Å²) in [5, 5.41) is 2.81. The number of nitrogens with zero attached hydrogens (tertiary/aromatic N) is 2. The highest BCUT2D eigenvalue weighted by Gasteiger charge is 2.31. The molecular weight excluding hydrogens is 362 g/mol.